The SMILES string of the molecule is C#CCN(CCc1cnccn1)C(=O)OCC. The zero-order valence-corrected chi connectivity index (χ0v) is 9.80. The average molecular weight is 233 g/mol. The quantitative estimate of drug-likeness (QED) is 0.715. The number of nitrogens with zero attached hydrogens (tertiary/aromatic N) is 3. The van der Waals surface area contributed by atoms with Crippen LogP contribution in [0.25, 0.3) is 0 Å². The highest BCUT2D eigenvalue weighted by atomic mass is 16.6. The van der Waals surface area contributed by atoms with Crippen molar-refractivity contribution in [2.75, 3.05) is 19.7 Å². The first-order valence-electron chi connectivity index (χ1n) is 5.38. The molecule has 0 aliphatic rings. The molecule has 0 aliphatic carbocycles. The van der Waals surface area contributed by atoms with Gasteiger partial charge in [0.15, 0.2) is 0 Å². The number of carbonyl (C=O) groups excluding carboxylic acids is 1. The van der Waals surface area contributed by atoms with Gasteiger partial charge in [0.05, 0.1) is 18.8 Å². The maximum Gasteiger partial charge on any atom is 0.410 e. The molecular weight excluding hydrogens is 218 g/mol. The van der Waals surface area contributed by atoms with Crippen molar-refractivity contribution in [3.8, 4) is 12.3 Å². The smallest absolute Gasteiger partial charge is 0.410 e. The van der Waals surface area contributed by atoms with E-state index in [1.54, 1.807) is 25.5 Å². The van der Waals surface area contributed by atoms with Crippen LogP contribution in [0.4, 0.5) is 4.79 Å². The first kappa shape index (κ1) is 13.0. The van der Waals surface area contributed by atoms with E-state index in [2.05, 4.69) is 15.9 Å². The summed E-state index contributed by atoms with van der Waals surface area (Å²) >= 11 is 0. The molecule has 0 N–H and O–H groups in total. The predicted molar refractivity (Wildman–Crippen MR) is 63.2 cm³/mol. The van der Waals surface area contributed by atoms with Crippen LogP contribution in [0.2, 0.25) is 0 Å². The van der Waals surface area contributed by atoms with Gasteiger partial charge in [0.1, 0.15) is 0 Å². The Bertz CT molecular complexity index is 386. The van der Waals surface area contributed by atoms with Crippen molar-refractivity contribution in [1.29, 1.82) is 0 Å². The number of ether oxygens (including phenoxy) is 1. The Kier molecular flexibility index (Phi) is 5.52. The van der Waals surface area contributed by atoms with E-state index >= 15 is 0 Å². The summed E-state index contributed by atoms with van der Waals surface area (Å²) in [5.41, 5.74) is 0.818. The predicted octanol–water partition coefficient (Wildman–Crippen LogP) is 1.11. The number of rotatable bonds is 5. The molecule has 17 heavy (non-hydrogen) atoms. The molecule has 90 valence electrons. The molecule has 0 aromatic carbocycles. The summed E-state index contributed by atoms with van der Waals surface area (Å²) in [6, 6.07) is 0. The Morgan fingerprint density at radius 1 is 1.59 bits per heavy atom. The third-order valence-corrected chi connectivity index (χ3v) is 2.06. The highest BCUT2D eigenvalue weighted by Gasteiger charge is 2.13. The Morgan fingerprint density at radius 3 is 3.00 bits per heavy atom. The third kappa shape index (κ3) is 4.51. The van der Waals surface area contributed by atoms with E-state index in [0.29, 0.717) is 19.6 Å². The fraction of sp³-hybridized carbons (Fsp3) is 0.417. The van der Waals surface area contributed by atoms with Crippen molar-refractivity contribution in [1.82, 2.24) is 14.9 Å². The van der Waals surface area contributed by atoms with Gasteiger partial charge in [-0.1, -0.05) is 5.92 Å². The molecule has 1 heterocycles. The molecule has 0 spiro atoms. The first-order valence-corrected chi connectivity index (χ1v) is 5.38. The van der Waals surface area contributed by atoms with Gasteiger partial charge in [-0.05, 0) is 6.92 Å². The van der Waals surface area contributed by atoms with E-state index in [1.807, 2.05) is 0 Å². The molecule has 1 amide bonds. The molecule has 0 bridgehead atoms. The minimum absolute atomic E-state index is 0.235. The number of amides is 1. The Hall–Kier alpha value is -2.09. The molecule has 1 rings (SSSR count). The van der Waals surface area contributed by atoms with Crippen molar-refractivity contribution in [3.63, 3.8) is 0 Å². The third-order valence-electron chi connectivity index (χ3n) is 2.06. The summed E-state index contributed by atoms with van der Waals surface area (Å²) in [5.74, 6) is 2.43. The molecular formula is C12H15N3O2. The molecule has 0 aliphatic heterocycles. The van der Waals surface area contributed by atoms with Crippen LogP contribution in [-0.4, -0.2) is 40.7 Å². The second kappa shape index (κ2) is 7.23. The monoisotopic (exact) mass is 233 g/mol. The summed E-state index contributed by atoms with van der Waals surface area (Å²) in [5, 5.41) is 0. The molecule has 1 aromatic rings. The zero-order valence-electron chi connectivity index (χ0n) is 9.80. The number of terminal acetylenes is 1. The van der Waals surface area contributed by atoms with Crippen molar-refractivity contribution in [3.05, 3.63) is 24.3 Å². The fourth-order valence-electron chi connectivity index (χ4n) is 1.27. The Morgan fingerprint density at radius 2 is 2.41 bits per heavy atom. The van der Waals surface area contributed by atoms with Gasteiger partial charge < -0.3 is 4.74 Å². The van der Waals surface area contributed by atoms with E-state index in [-0.39, 0.29) is 6.54 Å². The lowest BCUT2D eigenvalue weighted by Gasteiger charge is -2.18. The van der Waals surface area contributed by atoms with Crippen LogP contribution in [0.1, 0.15) is 12.6 Å². The number of hydrogen-bond acceptors (Lipinski definition) is 4. The lowest BCUT2D eigenvalue weighted by atomic mass is 10.3. The maximum atomic E-state index is 11.5. The van der Waals surface area contributed by atoms with Crippen LogP contribution in [0, 0.1) is 12.3 Å². The van der Waals surface area contributed by atoms with Crippen molar-refractivity contribution >= 4 is 6.09 Å². The number of carbonyl (C=O) groups is 1. The second-order valence-corrected chi connectivity index (χ2v) is 3.27. The van der Waals surface area contributed by atoms with E-state index in [4.69, 9.17) is 11.2 Å². The fourth-order valence-corrected chi connectivity index (χ4v) is 1.27. The molecule has 5 nitrogen and oxygen atoms in total. The summed E-state index contributed by atoms with van der Waals surface area (Å²) < 4.78 is 4.90. The minimum Gasteiger partial charge on any atom is -0.450 e. The van der Waals surface area contributed by atoms with Crippen molar-refractivity contribution in [2.45, 2.75) is 13.3 Å². The summed E-state index contributed by atoms with van der Waals surface area (Å²) in [6.07, 6.45) is 10.3. The van der Waals surface area contributed by atoms with Crippen LogP contribution in [0.5, 0.6) is 0 Å². The normalized spacial score (nSPS) is 9.41. The average Bonchev–Trinajstić information content (AvgIpc) is 2.36. The van der Waals surface area contributed by atoms with Gasteiger partial charge >= 0.3 is 6.09 Å². The lowest BCUT2D eigenvalue weighted by Crippen LogP contribution is -2.34. The Labute approximate surface area is 101 Å². The molecule has 0 atom stereocenters. The van der Waals surface area contributed by atoms with Gasteiger partial charge in [-0.2, -0.15) is 0 Å². The molecule has 0 radical (unpaired) electrons. The maximum absolute atomic E-state index is 11.5. The number of hydrogen-bond donors (Lipinski definition) is 0. The molecule has 0 unspecified atom stereocenters. The molecule has 5 heteroatoms. The van der Waals surface area contributed by atoms with Crippen LogP contribution in [-0.2, 0) is 11.2 Å². The molecule has 0 fully saturated rings. The van der Waals surface area contributed by atoms with Gasteiger partial charge in [0.25, 0.3) is 0 Å². The highest BCUT2D eigenvalue weighted by Crippen LogP contribution is 1.98. The topological polar surface area (TPSA) is 55.3 Å². The molecule has 1 aromatic heterocycles. The van der Waals surface area contributed by atoms with Gasteiger partial charge in [0, 0.05) is 31.6 Å². The van der Waals surface area contributed by atoms with Crippen LogP contribution < -0.4 is 0 Å². The van der Waals surface area contributed by atoms with Gasteiger partial charge in [-0.15, -0.1) is 6.42 Å². The summed E-state index contributed by atoms with van der Waals surface area (Å²) in [7, 11) is 0. The van der Waals surface area contributed by atoms with Crippen molar-refractivity contribution < 1.29 is 9.53 Å². The Balaban J connectivity index is 2.50. The van der Waals surface area contributed by atoms with E-state index < -0.39 is 6.09 Å². The lowest BCUT2D eigenvalue weighted by molar-refractivity contribution is 0.112. The van der Waals surface area contributed by atoms with Gasteiger partial charge in [-0.25, -0.2) is 4.79 Å². The van der Waals surface area contributed by atoms with Crippen LogP contribution >= 0.6 is 0 Å². The zero-order chi connectivity index (χ0) is 12.5. The van der Waals surface area contributed by atoms with Gasteiger partial charge in [-0.3, -0.25) is 14.9 Å². The summed E-state index contributed by atoms with van der Waals surface area (Å²) in [6.45, 7) is 2.81. The van der Waals surface area contributed by atoms with E-state index in [9.17, 15) is 4.79 Å². The van der Waals surface area contributed by atoms with Crippen LogP contribution in [0.15, 0.2) is 18.6 Å². The first-order chi connectivity index (χ1) is 8.27. The summed E-state index contributed by atoms with van der Waals surface area (Å²) in [4.78, 5) is 21.1. The number of aromatic nitrogens is 2. The van der Waals surface area contributed by atoms with E-state index in [1.165, 1.54) is 4.90 Å². The largest absolute Gasteiger partial charge is 0.450 e. The molecule has 0 saturated carbocycles. The minimum atomic E-state index is -0.394. The highest BCUT2D eigenvalue weighted by molar-refractivity contribution is 5.67. The van der Waals surface area contributed by atoms with Gasteiger partial charge in [0.2, 0.25) is 0 Å². The van der Waals surface area contributed by atoms with E-state index in [0.717, 1.165) is 5.69 Å². The molecule has 0 saturated heterocycles. The standard InChI is InChI=1S/C12H15N3O2/c1-3-8-15(12(16)17-4-2)9-5-11-10-13-6-7-14-11/h1,6-7,10H,4-5,8-9H2,2H3. The van der Waals surface area contributed by atoms with Crippen molar-refractivity contribution in [2.24, 2.45) is 0 Å². The van der Waals surface area contributed by atoms with Crippen LogP contribution in [0.3, 0.4) is 0 Å². The second-order valence-electron chi connectivity index (χ2n) is 3.27.